The Labute approximate surface area is 134 Å². The molecule has 0 bridgehead atoms. The van der Waals surface area contributed by atoms with Crippen LogP contribution in [-0.2, 0) is 4.79 Å². The van der Waals surface area contributed by atoms with Gasteiger partial charge in [-0.15, -0.1) is 0 Å². The SMILES string of the molecule is O=C(NC1CCN(C(=O)C(Cl)Cl)CC1)c1ccc(Br)o1. The van der Waals surface area contributed by atoms with Crippen molar-refractivity contribution in [1.29, 1.82) is 0 Å². The van der Waals surface area contributed by atoms with Crippen LogP contribution in [0.15, 0.2) is 21.2 Å². The highest BCUT2D eigenvalue weighted by Crippen LogP contribution is 2.17. The lowest BCUT2D eigenvalue weighted by Crippen LogP contribution is -2.47. The first-order valence-corrected chi connectivity index (χ1v) is 7.77. The van der Waals surface area contributed by atoms with Crippen LogP contribution in [0.3, 0.4) is 0 Å². The molecule has 0 atom stereocenters. The second-order valence-corrected chi connectivity index (χ2v) is 6.36. The Morgan fingerprint density at radius 2 is 2.00 bits per heavy atom. The Kier molecular flexibility index (Phi) is 5.35. The Bertz CT molecular complexity index is 499. The van der Waals surface area contributed by atoms with Gasteiger partial charge in [-0.05, 0) is 40.9 Å². The van der Waals surface area contributed by atoms with E-state index >= 15 is 0 Å². The fourth-order valence-corrected chi connectivity index (χ4v) is 2.66. The minimum atomic E-state index is -1.03. The molecule has 1 aliphatic rings. The summed E-state index contributed by atoms with van der Waals surface area (Å²) in [6.07, 6.45) is 1.33. The van der Waals surface area contributed by atoms with E-state index in [2.05, 4.69) is 21.2 Å². The summed E-state index contributed by atoms with van der Waals surface area (Å²) in [6, 6.07) is 3.28. The lowest BCUT2D eigenvalue weighted by Gasteiger charge is -2.32. The van der Waals surface area contributed by atoms with E-state index in [0.717, 1.165) is 0 Å². The van der Waals surface area contributed by atoms with E-state index in [1.54, 1.807) is 17.0 Å². The molecule has 0 radical (unpaired) electrons. The number of nitrogens with zero attached hydrogens (tertiary/aromatic N) is 1. The lowest BCUT2D eigenvalue weighted by atomic mass is 10.0. The maximum atomic E-state index is 11.9. The molecule has 1 fully saturated rings. The second-order valence-electron chi connectivity index (χ2n) is 4.48. The molecule has 2 rings (SSSR count). The van der Waals surface area contributed by atoms with Gasteiger partial charge < -0.3 is 14.6 Å². The van der Waals surface area contributed by atoms with Crippen molar-refractivity contribution in [2.45, 2.75) is 23.7 Å². The third-order valence-corrected chi connectivity index (χ3v) is 3.93. The van der Waals surface area contributed by atoms with E-state index in [1.165, 1.54) is 0 Å². The van der Waals surface area contributed by atoms with Crippen LogP contribution >= 0.6 is 39.1 Å². The molecule has 1 aliphatic heterocycles. The Morgan fingerprint density at radius 3 is 2.50 bits per heavy atom. The number of carbonyl (C=O) groups is 2. The number of halogens is 3. The van der Waals surface area contributed by atoms with Gasteiger partial charge in [0.15, 0.2) is 15.3 Å². The number of amides is 2. The van der Waals surface area contributed by atoms with E-state index in [9.17, 15) is 9.59 Å². The molecule has 0 unspecified atom stereocenters. The zero-order valence-corrected chi connectivity index (χ0v) is 13.5. The van der Waals surface area contributed by atoms with E-state index in [0.29, 0.717) is 30.6 Å². The number of furan rings is 1. The average molecular weight is 384 g/mol. The van der Waals surface area contributed by atoms with Crippen molar-refractivity contribution in [3.63, 3.8) is 0 Å². The molecule has 0 aliphatic carbocycles. The number of carbonyl (C=O) groups excluding carboxylic acids is 2. The van der Waals surface area contributed by atoms with Gasteiger partial charge in [-0.2, -0.15) is 0 Å². The molecular formula is C12H13BrCl2N2O3. The molecule has 0 saturated carbocycles. The highest BCUT2D eigenvalue weighted by molar-refractivity contribution is 9.10. The summed E-state index contributed by atoms with van der Waals surface area (Å²) in [5, 5.41) is 2.88. The van der Waals surface area contributed by atoms with Crippen molar-refractivity contribution >= 4 is 50.9 Å². The topological polar surface area (TPSA) is 62.6 Å². The van der Waals surface area contributed by atoms with E-state index < -0.39 is 4.84 Å². The average Bonchev–Trinajstić information content (AvgIpc) is 2.85. The second kappa shape index (κ2) is 6.83. The fraction of sp³-hybridized carbons (Fsp3) is 0.500. The molecule has 2 amide bonds. The van der Waals surface area contributed by atoms with Crippen LogP contribution < -0.4 is 5.32 Å². The molecule has 1 aromatic heterocycles. The third kappa shape index (κ3) is 3.90. The first-order chi connectivity index (χ1) is 9.47. The molecule has 1 aromatic rings. The van der Waals surface area contributed by atoms with Crippen molar-refractivity contribution in [3.05, 3.63) is 22.6 Å². The van der Waals surface area contributed by atoms with Crippen LogP contribution in [0.2, 0.25) is 0 Å². The standard InChI is InChI=1S/C12H13BrCl2N2O3/c13-9-2-1-8(20-9)11(18)16-7-3-5-17(6-4-7)12(19)10(14)15/h1-2,7,10H,3-6H2,(H,16,18). The summed E-state index contributed by atoms with van der Waals surface area (Å²) >= 11 is 14.3. The van der Waals surface area contributed by atoms with Gasteiger partial charge in [-0.25, -0.2) is 0 Å². The molecular weight excluding hydrogens is 371 g/mol. The van der Waals surface area contributed by atoms with Crippen molar-refractivity contribution in [3.8, 4) is 0 Å². The van der Waals surface area contributed by atoms with Crippen molar-refractivity contribution in [1.82, 2.24) is 10.2 Å². The number of likely N-dealkylation sites (tertiary alicyclic amines) is 1. The zero-order chi connectivity index (χ0) is 14.7. The first kappa shape index (κ1) is 15.7. The summed E-state index contributed by atoms with van der Waals surface area (Å²) in [5.41, 5.74) is 0. The summed E-state index contributed by atoms with van der Waals surface area (Å²) in [4.78, 5) is 24.1. The smallest absolute Gasteiger partial charge is 0.287 e. The molecule has 20 heavy (non-hydrogen) atoms. The van der Waals surface area contributed by atoms with Gasteiger partial charge in [0.2, 0.25) is 0 Å². The van der Waals surface area contributed by atoms with Crippen molar-refractivity contribution in [2.75, 3.05) is 13.1 Å². The molecule has 0 aromatic carbocycles. The van der Waals surface area contributed by atoms with Crippen molar-refractivity contribution < 1.29 is 14.0 Å². The molecule has 2 heterocycles. The Balaban J connectivity index is 1.83. The zero-order valence-electron chi connectivity index (χ0n) is 10.4. The number of nitrogens with one attached hydrogen (secondary N) is 1. The molecule has 110 valence electrons. The maximum Gasteiger partial charge on any atom is 0.287 e. The van der Waals surface area contributed by atoms with E-state index in [1.807, 2.05) is 0 Å². The first-order valence-electron chi connectivity index (χ1n) is 6.10. The predicted molar refractivity (Wildman–Crippen MR) is 79.0 cm³/mol. The molecule has 0 spiro atoms. The molecule has 1 saturated heterocycles. The highest BCUT2D eigenvalue weighted by Gasteiger charge is 2.27. The number of alkyl halides is 2. The third-order valence-electron chi connectivity index (χ3n) is 3.13. The minimum Gasteiger partial charge on any atom is -0.444 e. The summed E-state index contributed by atoms with van der Waals surface area (Å²) in [5.74, 6) is -0.280. The molecule has 8 heteroatoms. The summed E-state index contributed by atoms with van der Waals surface area (Å²) in [6.45, 7) is 1.06. The highest BCUT2D eigenvalue weighted by atomic mass is 79.9. The maximum absolute atomic E-state index is 11.9. The minimum absolute atomic E-state index is 0.0135. The number of rotatable bonds is 3. The summed E-state index contributed by atoms with van der Waals surface area (Å²) in [7, 11) is 0. The van der Waals surface area contributed by atoms with Gasteiger partial charge in [-0.1, -0.05) is 23.2 Å². The van der Waals surface area contributed by atoms with Crippen LogP contribution in [0, 0.1) is 0 Å². The Hall–Kier alpha value is -0.720. The van der Waals surface area contributed by atoms with Crippen LogP contribution in [0.1, 0.15) is 23.4 Å². The van der Waals surface area contributed by atoms with Gasteiger partial charge >= 0.3 is 0 Å². The van der Waals surface area contributed by atoms with Gasteiger partial charge in [0, 0.05) is 19.1 Å². The quantitative estimate of drug-likeness (QED) is 0.816. The van der Waals surface area contributed by atoms with E-state index in [-0.39, 0.29) is 23.6 Å². The van der Waals surface area contributed by atoms with Gasteiger partial charge in [0.05, 0.1) is 0 Å². The monoisotopic (exact) mass is 382 g/mol. The van der Waals surface area contributed by atoms with Crippen LogP contribution in [0.25, 0.3) is 0 Å². The Morgan fingerprint density at radius 1 is 1.35 bits per heavy atom. The van der Waals surface area contributed by atoms with Gasteiger partial charge in [0.1, 0.15) is 0 Å². The fourth-order valence-electron chi connectivity index (χ4n) is 2.08. The lowest BCUT2D eigenvalue weighted by molar-refractivity contribution is -0.130. The van der Waals surface area contributed by atoms with Crippen LogP contribution in [-0.4, -0.2) is 40.7 Å². The largest absolute Gasteiger partial charge is 0.444 e. The van der Waals surface area contributed by atoms with Gasteiger partial charge in [0.25, 0.3) is 11.8 Å². The summed E-state index contributed by atoms with van der Waals surface area (Å²) < 4.78 is 5.70. The predicted octanol–water partition coefficient (Wildman–Crippen LogP) is 2.57. The van der Waals surface area contributed by atoms with E-state index in [4.69, 9.17) is 27.6 Å². The van der Waals surface area contributed by atoms with Crippen molar-refractivity contribution in [2.24, 2.45) is 0 Å². The molecule has 1 N–H and O–H groups in total. The molecule has 5 nitrogen and oxygen atoms in total. The van der Waals surface area contributed by atoms with Crippen LogP contribution in [0.5, 0.6) is 0 Å². The van der Waals surface area contributed by atoms with Gasteiger partial charge in [-0.3, -0.25) is 9.59 Å². The normalized spacial score (nSPS) is 16.5. The van der Waals surface area contributed by atoms with Crippen LogP contribution in [0.4, 0.5) is 0 Å². The number of hydrogen-bond donors (Lipinski definition) is 1. The number of piperidine rings is 1. The number of hydrogen-bond acceptors (Lipinski definition) is 3.